The van der Waals surface area contributed by atoms with Crippen LogP contribution >= 0.6 is 0 Å². The number of fused-ring (bicyclic) bond motifs is 1. The van der Waals surface area contributed by atoms with E-state index in [-0.39, 0.29) is 0 Å². The minimum absolute atomic E-state index is 0.394. The van der Waals surface area contributed by atoms with Gasteiger partial charge in [-0.1, -0.05) is 6.92 Å². The first-order valence-corrected chi connectivity index (χ1v) is 7.81. The normalized spacial score (nSPS) is 25.6. The molecule has 1 aliphatic carbocycles. The van der Waals surface area contributed by atoms with Crippen molar-refractivity contribution in [3.05, 3.63) is 11.9 Å². The number of ether oxygens (including phenoxy) is 1. The summed E-state index contributed by atoms with van der Waals surface area (Å²) in [6, 6.07) is 0.499. The number of anilines is 2. The molecule has 0 spiro atoms. The van der Waals surface area contributed by atoms with Gasteiger partial charge in [0.15, 0.2) is 0 Å². The Bertz CT molecular complexity index is 465. The van der Waals surface area contributed by atoms with E-state index in [4.69, 9.17) is 4.74 Å². The number of rotatable bonds is 4. The fourth-order valence-corrected chi connectivity index (χ4v) is 3.48. The third-order valence-corrected chi connectivity index (χ3v) is 4.37. The van der Waals surface area contributed by atoms with Gasteiger partial charge in [-0.25, -0.2) is 9.97 Å². The van der Waals surface area contributed by atoms with E-state index in [2.05, 4.69) is 34.0 Å². The predicted octanol–water partition coefficient (Wildman–Crippen LogP) is 2.23. The molecule has 0 amide bonds. The van der Waals surface area contributed by atoms with Gasteiger partial charge in [0.05, 0.1) is 18.8 Å². The van der Waals surface area contributed by atoms with Gasteiger partial charge in [-0.15, -0.1) is 0 Å². The standard InChI is InChI=1S/C15H24N4O/c1-3-11-14(16-4-2)17-10-18-15(11)19-8-9-20-13-7-5-6-12(13)19/h10,12-13H,3-9H2,1-2H3,(H,16,17,18). The van der Waals surface area contributed by atoms with Crippen LogP contribution in [0, 0.1) is 0 Å². The molecule has 0 radical (unpaired) electrons. The fourth-order valence-electron chi connectivity index (χ4n) is 3.48. The van der Waals surface area contributed by atoms with Gasteiger partial charge in [-0.05, 0) is 32.6 Å². The zero-order valence-electron chi connectivity index (χ0n) is 12.4. The topological polar surface area (TPSA) is 50.3 Å². The van der Waals surface area contributed by atoms with Crippen molar-refractivity contribution in [3.63, 3.8) is 0 Å². The van der Waals surface area contributed by atoms with Crippen molar-refractivity contribution in [2.75, 3.05) is 29.9 Å². The lowest BCUT2D eigenvalue weighted by Crippen LogP contribution is -2.49. The molecule has 2 unspecified atom stereocenters. The van der Waals surface area contributed by atoms with Gasteiger partial charge in [-0.2, -0.15) is 0 Å². The first-order chi connectivity index (χ1) is 9.85. The molecule has 2 atom stereocenters. The number of aromatic nitrogens is 2. The number of hydrogen-bond donors (Lipinski definition) is 1. The van der Waals surface area contributed by atoms with Crippen molar-refractivity contribution in [3.8, 4) is 0 Å². The lowest BCUT2D eigenvalue weighted by molar-refractivity contribution is 0.0252. The Morgan fingerprint density at radius 1 is 1.35 bits per heavy atom. The van der Waals surface area contributed by atoms with Crippen LogP contribution in [0.2, 0.25) is 0 Å². The van der Waals surface area contributed by atoms with Crippen molar-refractivity contribution < 1.29 is 4.74 Å². The summed E-state index contributed by atoms with van der Waals surface area (Å²) in [4.78, 5) is 11.5. The molecule has 1 aromatic rings. The molecule has 1 saturated heterocycles. The Kier molecular flexibility index (Phi) is 4.05. The molecule has 110 valence electrons. The maximum absolute atomic E-state index is 5.90. The smallest absolute Gasteiger partial charge is 0.137 e. The zero-order valence-corrected chi connectivity index (χ0v) is 12.4. The van der Waals surface area contributed by atoms with Crippen LogP contribution in [0.5, 0.6) is 0 Å². The van der Waals surface area contributed by atoms with Crippen LogP contribution in [0.15, 0.2) is 6.33 Å². The molecule has 5 nitrogen and oxygen atoms in total. The number of morpholine rings is 1. The first-order valence-electron chi connectivity index (χ1n) is 7.81. The van der Waals surface area contributed by atoms with E-state index in [1.807, 2.05) is 0 Å². The monoisotopic (exact) mass is 276 g/mol. The number of hydrogen-bond acceptors (Lipinski definition) is 5. The third kappa shape index (κ3) is 2.35. The lowest BCUT2D eigenvalue weighted by Gasteiger charge is -2.39. The van der Waals surface area contributed by atoms with Crippen molar-refractivity contribution in [1.82, 2.24) is 9.97 Å². The van der Waals surface area contributed by atoms with Crippen LogP contribution in [-0.4, -0.2) is 41.8 Å². The molecular formula is C15H24N4O. The van der Waals surface area contributed by atoms with Crippen molar-refractivity contribution >= 4 is 11.6 Å². The van der Waals surface area contributed by atoms with Crippen LogP contribution in [0.1, 0.15) is 38.7 Å². The van der Waals surface area contributed by atoms with Gasteiger partial charge in [0.25, 0.3) is 0 Å². The Labute approximate surface area is 120 Å². The minimum atomic E-state index is 0.394. The molecule has 0 bridgehead atoms. The molecule has 2 fully saturated rings. The Morgan fingerprint density at radius 3 is 3.05 bits per heavy atom. The maximum atomic E-state index is 5.90. The summed E-state index contributed by atoms with van der Waals surface area (Å²) < 4.78 is 5.90. The molecule has 1 aromatic heterocycles. The average Bonchev–Trinajstić information content (AvgIpc) is 2.95. The van der Waals surface area contributed by atoms with Crippen LogP contribution in [-0.2, 0) is 11.2 Å². The Hall–Kier alpha value is -1.36. The van der Waals surface area contributed by atoms with Gasteiger partial charge in [-0.3, -0.25) is 0 Å². The highest BCUT2D eigenvalue weighted by atomic mass is 16.5. The summed E-state index contributed by atoms with van der Waals surface area (Å²) in [7, 11) is 0. The highest BCUT2D eigenvalue weighted by Gasteiger charge is 2.37. The van der Waals surface area contributed by atoms with Crippen LogP contribution in [0.4, 0.5) is 11.6 Å². The van der Waals surface area contributed by atoms with Crippen LogP contribution < -0.4 is 10.2 Å². The molecule has 3 rings (SSSR count). The van der Waals surface area contributed by atoms with Gasteiger partial charge < -0.3 is 15.0 Å². The van der Waals surface area contributed by atoms with Crippen LogP contribution in [0.25, 0.3) is 0 Å². The molecule has 1 aliphatic heterocycles. The largest absolute Gasteiger partial charge is 0.374 e. The van der Waals surface area contributed by atoms with E-state index < -0.39 is 0 Å². The number of nitrogens with zero attached hydrogens (tertiary/aromatic N) is 3. The molecule has 2 aliphatic rings. The highest BCUT2D eigenvalue weighted by molar-refractivity contribution is 5.59. The molecule has 1 N–H and O–H groups in total. The second-order valence-corrected chi connectivity index (χ2v) is 5.51. The first kappa shape index (κ1) is 13.6. The maximum Gasteiger partial charge on any atom is 0.137 e. The van der Waals surface area contributed by atoms with E-state index >= 15 is 0 Å². The molecular weight excluding hydrogens is 252 g/mol. The van der Waals surface area contributed by atoms with E-state index in [0.717, 1.165) is 37.8 Å². The quantitative estimate of drug-likeness (QED) is 0.914. The highest BCUT2D eigenvalue weighted by Crippen LogP contribution is 2.35. The minimum Gasteiger partial charge on any atom is -0.374 e. The lowest BCUT2D eigenvalue weighted by atomic mass is 10.1. The summed E-state index contributed by atoms with van der Waals surface area (Å²) >= 11 is 0. The summed E-state index contributed by atoms with van der Waals surface area (Å²) in [6.07, 6.45) is 6.70. The summed E-state index contributed by atoms with van der Waals surface area (Å²) in [6.45, 7) is 6.92. The van der Waals surface area contributed by atoms with Gasteiger partial charge >= 0.3 is 0 Å². The summed E-state index contributed by atoms with van der Waals surface area (Å²) in [5.41, 5.74) is 1.24. The second-order valence-electron chi connectivity index (χ2n) is 5.51. The van der Waals surface area contributed by atoms with Gasteiger partial charge in [0.1, 0.15) is 18.0 Å². The Balaban J connectivity index is 1.94. The van der Waals surface area contributed by atoms with Crippen molar-refractivity contribution in [1.29, 1.82) is 0 Å². The molecule has 1 saturated carbocycles. The van der Waals surface area contributed by atoms with Crippen LogP contribution in [0.3, 0.4) is 0 Å². The van der Waals surface area contributed by atoms with E-state index in [0.29, 0.717) is 12.1 Å². The molecule has 2 heterocycles. The van der Waals surface area contributed by atoms with Crippen molar-refractivity contribution in [2.24, 2.45) is 0 Å². The number of nitrogens with one attached hydrogen (secondary N) is 1. The molecule has 5 heteroatoms. The fraction of sp³-hybridized carbons (Fsp3) is 0.733. The van der Waals surface area contributed by atoms with Gasteiger partial charge in [0, 0.05) is 18.7 Å². The second kappa shape index (κ2) is 5.95. The Morgan fingerprint density at radius 2 is 2.25 bits per heavy atom. The average molecular weight is 276 g/mol. The van der Waals surface area contributed by atoms with E-state index in [1.54, 1.807) is 6.33 Å². The van der Waals surface area contributed by atoms with Crippen molar-refractivity contribution in [2.45, 2.75) is 51.7 Å². The van der Waals surface area contributed by atoms with E-state index in [9.17, 15) is 0 Å². The summed E-state index contributed by atoms with van der Waals surface area (Å²) in [5.74, 6) is 2.10. The third-order valence-electron chi connectivity index (χ3n) is 4.37. The SMILES string of the molecule is CCNc1ncnc(N2CCOC3CCCC32)c1CC. The molecule has 20 heavy (non-hydrogen) atoms. The summed E-state index contributed by atoms with van der Waals surface area (Å²) in [5, 5.41) is 3.36. The van der Waals surface area contributed by atoms with E-state index in [1.165, 1.54) is 24.8 Å². The van der Waals surface area contributed by atoms with Gasteiger partial charge in [0.2, 0.25) is 0 Å². The zero-order chi connectivity index (χ0) is 13.9. The predicted molar refractivity (Wildman–Crippen MR) is 80.3 cm³/mol. The molecule has 0 aromatic carbocycles.